The van der Waals surface area contributed by atoms with Gasteiger partial charge in [-0.05, 0) is 37.6 Å². The minimum absolute atomic E-state index is 0.348. The van der Waals surface area contributed by atoms with Crippen LogP contribution in [0.15, 0.2) is 36.5 Å². The van der Waals surface area contributed by atoms with Gasteiger partial charge in [-0.25, -0.2) is 0 Å². The van der Waals surface area contributed by atoms with Gasteiger partial charge in [-0.1, -0.05) is 6.07 Å². The van der Waals surface area contributed by atoms with Crippen LogP contribution in [0.25, 0.3) is 0 Å². The number of hydrogen-bond acceptors (Lipinski definition) is 5. The van der Waals surface area contributed by atoms with Gasteiger partial charge >= 0.3 is 0 Å². The molecule has 0 saturated carbocycles. The van der Waals surface area contributed by atoms with Crippen molar-refractivity contribution < 1.29 is 4.74 Å². The van der Waals surface area contributed by atoms with E-state index >= 15 is 0 Å². The number of rotatable bonds is 5. The molecule has 0 N–H and O–H groups in total. The average Bonchev–Trinajstić information content (AvgIpc) is 3.19. The first kappa shape index (κ1) is 16.2. The van der Waals surface area contributed by atoms with E-state index in [9.17, 15) is 0 Å². The van der Waals surface area contributed by atoms with Crippen LogP contribution >= 0.6 is 11.3 Å². The molecule has 2 aromatic rings. The molecule has 4 rings (SSSR count). The zero-order valence-corrected chi connectivity index (χ0v) is 15.0. The van der Waals surface area contributed by atoms with E-state index in [4.69, 9.17) is 4.74 Å². The second-order valence-corrected chi connectivity index (χ2v) is 8.26. The van der Waals surface area contributed by atoms with E-state index in [1.54, 1.807) is 0 Å². The van der Waals surface area contributed by atoms with Crippen LogP contribution in [0.4, 0.5) is 0 Å². The largest absolute Gasteiger partial charge is 0.371 e. The Morgan fingerprint density at radius 2 is 2.17 bits per heavy atom. The maximum Gasteiger partial charge on any atom is 0.0892 e. The highest BCUT2D eigenvalue weighted by molar-refractivity contribution is 7.11. The second kappa shape index (κ2) is 7.31. The maximum absolute atomic E-state index is 6.12. The third kappa shape index (κ3) is 3.86. The molecule has 2 aliphatic rings. The lowest BCUT2D eigenvalue weighted by atomic mass is 10.1. The van der Waals surface area contributed by atoms with E-state index in [1.165, 1.54) is 29.4 Å². The summed E-state index contributed by atoms with van der Waals surface area (Å²) in [6.45, 7) is 8.49. The molecule has 0 aliphatic carbocycles. The molecular formula is C19H25N3OS. The molecule has 4 heterocycles. The van der Waals surface area contributed by atoms with Gasteiger partial charge in [-0.15, -0.1) is 11.3 Å². The van der Waals surface area contributed by atoms with Crippen LogP contribution in [0.5, 0.6) is 0 Å². The quantitative estimate of drug-likeness (QED) is 0.835. The van der Waals surface area contributed by atoms with Crippen LogP contribution in [0.3, 0.4) is 0 Å². The first-order valence-corrected chi connectivity index (χ1v) is 9.61. The van der Waals surface area contributed by atoms with E-state index < -0.39 is 0 Å². The highest BCUT2D eigenvalue weighted by Crippen LogP contribution is 2.26. The van der Waals surface area contributed by atoms with Crippen molar-refractivity contribution in [1.82, 2.24) is 14.8 Å². The molecule has 0 bridgehead atoms. The van der Waals surface area contributed by atoms with E-state index in [0.717, 1.165) is 25.2 Å². The molecule has 0 aromatic carbocycles. The molecule has 2 aromatic heterocycles. The van der Waals surface area contributed by atoms with Crippen molar-refractivity contribution in [3.05, 3.63) is 52.0 Å². The lowest BCUT2D eigenvalue weighted by molar-refractivity contribution is 0.0440. The Morgan fingerprint density at radius 3 is 2.96 bits per heavy atom. The Bertz CT molecular complexity index is 660. The zero-order valence-electron chi connectivity index (χ0n) is 14.2. The highest BCUT2D eigenvalue weighted by Gasteiger charge is 2.36. The van der Waals surface area contributed by atoms with Crippen LogP contribution in [0.1, 0.15) is 21.9 Å². The van der Waals surface area contributed by atoms with Crippen LogP contribution in [-0.2, 0) is 17.9 Å². The van der Waals surface area contributed by atoms with Crippen LogP contribution < -0.4 is 0 Å². The SMILES string of the molecule is Cc1ccc(CN2CCN3CC(OCc4ccccn4)CC3C2)s1. The summed E-state index contributed by atoms with van der Waals surface area (Å²) in [6, 6.07) is 11.2. The summed E-state index contributed by atoms with van der Waals surface area (Å²) in [5.74, 6) is 0. The lowest BCUT2D eigenvalue weighted by Gasteiger charge is -2.37. The van der Waals surface area contributed by atoms with E-state index in [0.29, 0.717) is 18.8 Å². The number of piperazine rings is 1. The van der Waals surface area contributed by atoms with Gasteiger partial charge in [0, 0.05) is 54.7 Å². The Hall–Kier alpha value is -1.27. The van der Waals surface area contributed by atoms with Gasteiger partial charge in [-0.2, -0.15) is 0 Å². The fraction of sp³-hybridized carbons (Fsp3) is 0.526. The van der Waals surface area contributed by atoms with Crippen molar-refractivity contribution in [1.29, 1.82) is 0 Å². The van der Waals surface area contributed by atoms with Gasteiger partial charge in [0.15, 0.2) is 0 Å². The fourth-order valence-corrected chi connectivity index (χ4v) is 4.74. The topological polar surface area (TPSA) is 28.6 Å². The Labute approximate surface area is 148 Å². The van der Waals surface area contributed by atoms with Gasteiger partial charge in [0.05, 0.1) is 18.4 Å². The number of thiophene rings is 1. The minimum atomic E-state index is 0.348. The third-order valence-electron chi connectivity index (χ3n) is 5.03. The van der Waals surface area contributed by atoms with Crippen LogP contribution in [0, 0.1) is 6.92 Å². The molecule has 0 spiro atoms. The molecule has 24 heavy (non-hydrogen) atoms. The molecule has 0 radical (unpaired) electrons. The summed E-state index contributed by atoms with van der Waals surface area (Å²) < 4.78 is 6.12. The third-order valence-corrected chi connectivity index (χ3v) is 6.02. The number of pyridine rings is 1. The Balaban J connectivity index is 1.27. The summed E-state index contributed by atoms with van der Waals surface area (Å²) in [6.07, 6.45) is 3.33. The van der Waals surface area contributed by atoms with Crippen molar-refractivity contribution in [3.8, 4) is 0 Å². The monoisotopic (exact) mass is 343 g/mol. The molecule has 2 unspecified atom stereocenters. The molecule has 2 atom stereocenters. The van der Waals surface area contributed by atoms with Crippen molar-refractivity contribution >= 4 is 11.3 Å². The van der Waals surface area contributed by atoms with E-state index in [1.807, 2.05) is 35.7 Å². The number of fused-ring (bicyclic) bond motifs is 1. The van der Waals surface area contributed by atoms with Crippen molar-refractivity contribution in [2.75, 3.05) is 26.2 Å². The molecule has 2 saturated heterocycles. The molecule has 128 valence electrons. The summed E-state index contributed by atoms with van der Waals surface area (Å²) in [5.41, 5.74) is 1.03. The average molecular weight is 343 g/mol. The summed E-state index contributed by atoms with van der Waals surface area (Å²) in [7, 11) is 0. The Kier molecular flexibility index (Phi) is 4.94. The smallest absolute Gasteiger partial charge is 0.0892 e. The minimum Gasteiger partial charge on any atom is -0.371 e. The van der Waals surface area contributed by atoms with Gasteiger partial charge in [0.2, 0.25) is 0 Å². The van der Waals surface area contributed by atoms with Gasteiger partial charge < -0.3 is 4.74 Å². The van der Waals surface area contributed by atoms with Crippen LogP contribution in [-0.4, -0.2) is 53.1 Å². The maximum atomic E-state index is 6.12. The first-order valence-electron chi connectivity index (χ1n) is 8.79. The molecule has 5 heteroatoms. The molecule has 2 aliphatic heterocycles. The first-order chi connectivity index (χ1) is 11.8. The molecule has 2 fully saturated rings. The number of aromatic nitrogens is 1. The number of aryl methyl sites for hydroxylation is 1. The number of ether oxygens (including phenoxy) is 1. The molecule has 0 amide bonds. The Morgan fingerprint density at radius 1 is 1.21 bits per heavy atom. The number of hydrogen-bond donors (Lipinski definition) is 0. The van der Waals surface area contributed by atoms with Crippen molar-refractivity contribution in [3.63, 3.8) is 0 Å². The van der Waals surface area contributed by atoms with Gasteiger partial charge in [0.25, 0.3) is 0 Å². The predicted molar refractivity (Wildman–Crippen MR) is 97.1 cm³/mol. The summed E-state index contributed by atoms with van der Waals surface area (Å²) in [4.78, 5) is 12.5. The normalized spacial score (nSPS) is 25.0. The van der Waals surface area contributed by atoms with Gasteiger partial charge in [-0.3, -0.25) is 14.8 Å². The van der Waals surface area contributed by atoms with Crippen molar-refractivity contribution in [2.45, 2.75) is 38.6 Å². The van der Waals surface area contributed by atoms with Crippen molar-refractivity contribution in [2.24, 2.45) is 0 Å². The summed E-state index contributed by atoms with van der Waals surface area (Å²) >= 11 is 1.93. The van der Waals surface area contributed by atoms with E-state index in [-0.39, 0.29) is 0 Å². The van der Waals surface area contributed by atoms with Crippen LogP contribution in [0.2, 0.25) is 0 Å². The van der Waals surface area contributed by atoms with E-state index in [2.05, 4.69) is 33.8 Å². The van der Waals surface area contributed by atoms with Gasteiger partial charge in [0.1, 0.15) is 0 Å². The predicted octanol–water partition coefficient (Wildman–Crippen LogP) is 2.93. The summed E-state index contributed by atoms with van der Waals surface area (Å²) in [5, 5.41) is 0. The zero-order chi connectivity index (χ0) is 16.4. The highest BCUT2D eigenvalue weighted by atomic mass is 32.1. The standard InChI is InChI=1S/C19H25N3OS/c1-15-5-6-19(24-15)13-21-8-9-22-12-18(10-17(22)11-21)23-14-16-4-2-3-7-20-16/h2-7,17-18H,8-14H2,1H3. The number of nitrogens with zero attached hydrogens (tertiary/aromatic N) is 3. The fourth-order valence-electron chi connectivity index (χ4n) is 3.80. The molecular weight excluding hydrogens is 318 g/mol. The molecule has 4 nitrogen and oxygen atoms in total. The second-order valence-electron chi connectivity index (χ2n) is 6.89. The lowest BCUT2D eigenvalue weighted by Crippen LogP contribution is -2.49.